The highest BCUT2D eigenvalue weighted by Gasteiger charge is 2.23. The first-order valence-corrected chi connectivity index (χ1v) is 7.54. The molecule has 2 rings (SSSR count). The van der Waals surface area contributed by atoms with Crippen molar-refractivity contribution in [2.45, 2.75) is 0 Å². The van der Waals surface area contributed by atoms with E-state index >= 15 is 0 Å². The third-order valence-corrected chi connectivity index (χ3v) is 4.43. The number of nitriles is 2. The topological polar surface area (TPSA) is 103 Å². The van der Waals surface area contributed by atoms with Crippen LogP contribution in [0.5, 0.6) is 0 Å². The number of hydrogen-bond acceptors (Lipinski definition) is 5. The van der Waals surface area contributed by atoms with Gasteiger partial charge in [-0.15, -0.1) is 0 Å². The Bertz CT molecular complexity index is 948. The van der Waals surface area contributed by atoms with E-state index in [4.69, 9.17) is 51.7 Å². The minimum atomic E-state index is -0.652. The lowest BCUT2D eigenvalue weighted by Gasteiger charge is -2.14. The van der Waals surface area contributed by atoms with Crippen LogP contribution in [0.4, 0.5) is 17.1 Å². The minimum absolute atomic E-state index is 0.0274. The van der Waals surface area contributed by atoms with E-state index in [1.807, 2.05) is 0 Å². The van der Waals surface area contributed by atoms with Crippen LogP contribution in [0.3, 0.4) is 0 Å². The van der Waals surface area contributed by atoms with Gasteiger partial charge in [0.15, 0.2) is 0 Å². The largest absolute Gasteiger partial charge is 0.348 e. The SMILES string of the molecule is N#Cc1c(Cl)c(Cl)c(Nc2ccc(Cl)cc2[N+](=O)[O-])c(C#N)c1Cl. The van der Waals surface area contributed by atoms with Crippen LogP contribution in [0.25, 0.3) is 0 Å². The zero-order valence-corrected chi connectivity index (χ0v) is 14.4. The third kappa shape index (κ3) is 3.19. The van der Waals surface area contributed by atoms with E-state index in [1.165, 1.54) is 12.1 Å². The van der Waals surface area contributed by atoms with Gasteiger partial charge in [0.2, 0.25) is 0 Å². The van der Waals surface area contributed by atoms with E-state index in [-0.39, 0.29) is 48.3 Å². The zero-order valence-electron chi connectivity index (χ0n) is 11.4. The Labute approximate surface area is 155 Å². The van der Waals surface area contributed by atoms with Crippen LogP contribution in [-0.2, 0) is 0 Å². The summed E-state index contributed by atoms with van der Waals surface area (Å²) in [4.78, 5) is 10.5. The summed E-state index contributed by atoms with van der Waals surface area (Å²) in [6.07, 6.45) is 0. The van der Waals surface area contributed by atoms with Gasteiger partial charge in [-0.05, 0) is 12.1 Å². The number of halogens is 4. The molecule has 0 saturated heterocycles. The van der Waals surface area contributed by atoms with Gasteiger partial charge < -0.3 is 5.32 Å². The Balaban J connectivity index is 2.71. The summed E-state index contributed by atoms with van der Waals surface area (Å²) in [5.74, 6) is 0. The number of hydrogen-bond donors (Lipinski definition) is 1. The standard InChI is InChI=1S/C14H4Cl4N4O2/c15-6-1-2-9(10(3-6)22(23)24)21-14-8(5-20)11(16)7(4-19)12(17)13(14)18/h1-3,21H. The number of nitrogens with zero attached hydrogens (tertiary/aromatic N) is 3. The second-order valence-corrected chi connectivity index (χ2v) is 5.90. The molecule has 24 heavy (non-hydrogen) atoms. The molecule has 0 heterocycles. The molecule has 0 saturated carbocycles. The molecule has 0 spiro atoms. The summed E-state index contributed by atoms with van der Waals surface area (Å²) in [6.45, 7) is 0. The molecule has 10 heteroatoms. The monoisotopic (exact) mass is 400 g/mol. The summed E-state index contributed by atoms with van der Waals surface area (Å²) < 4.78 is 0. The molecule has 2 aromatic rings. The van der Waals surface area contributed by atoms with Crippen LogP contribution in [0.15, 0.2) is 18.2 Å². The average Bonchev–Trinajstić information content (AvgIpc) is 2.54. The summed E-state index contributed by atoms with van der Waals surface area (Å²) in [6, 6.07) is 7.46. The van der Waals surface area contributed by atoms with Crippen molar-refractivity contribution >= 4 is 63.5 Å². The lowest BCUT2D eigenvalue weighted by Crippen LogP contribution is -2.01. The quantitative estimate of drug-likeness (QED) is 0.403. The molecule has 0 aromatic heterocycles. The number of rotatable bonds is 3. The highest BCUT2D eigenvalue weighted by molar-refractivity contribution is 6.46. The number of nitro groups is 1. The summed E-state index contributed by atoms with van der Waals surface area (Å²) in [7, 11) is 0. The highest BCUT2D eigenvalue weighted by atomic mass is 35.5. The molecule has 0 aliphatic rings. The van der Waals surface area contributed by atoms with Gasteiger partial charge >= 0.3 is 0 Å². The van der Waals surface area contributed by atoms with Gasteiger partial charge in [-0.25, -0.2) is 0 Å². The molecule has 2 aromatic carbocycles. The maximum atomic E-state index is 11.2. The molecule has 0 amide bonds. The molecule has 0 radical (unpaired) electrons. The van der Waals surface area contributed by atoms with Crippen molar-refractivity contribution in [1.82, 2.24) is 0 Å². The first kappa shape index (κ1) is 18.1. The van der Waals surface area contributed by atoms with Crippen LogP contribution in [0, 0.1) is 32.8 Å². The van der Waals surface area contributed by atoms with Gasteiger partial charge in [-0.2, -0.15) is 10.5 Å². The van der Waals surface area contributed by atoms with Crippen molar-refractivity contribution in [3.8, 4) is 12.1 Å². The Morgan fingerprint density at radius 2 is 1.62 bits per heavy atom. The van der Waals surface area contributed by atoms with Crippen molar-refractivity contribution in [2.24, 2.45) is 0 Å². The Kier molecular flexibility index (Phi) is 5.38. The van der Waals surface area contributed by atoms with Crippen LogP contribution in [-0.4, -0.2) is 4.92 Å². The first-order chi connectivity index (χ1) is 11.3. The number of nitrogens with one attached hydrogen (secondary N) is 1. The Hall–Kier alpha value is -2.22. The van der Waals surface area contributed by atoms with Crippen LogP contribution >= 0.6 is 46.4 Å². The zero-order chi connectivity index (χ0) is 18.0. The van der Waals surface area contributed by atoms with E-state index in [0.29, 0.717) is 0 Å². The fourth-order valence-corrected chi connectivity index (χ4v) is 2.83. The van der Waals surface area contributed by atoms with E-state index < -0.39 is 4.92 Å². The Morgan fingerprint density at radius 1 is 1.00 bits per heavy atom. The third-order valence-electron chi connectivity index (χ3n) is 2.96. The summed E-state index contributed by atoms with van der Waals surface area (Å²) >= 11 is 23.8. The predicted molar refractivity (Wildman–Crippen MR) is 92.3 cm³/mol. The molecular formula is C14H4Cl4N4O2. The maximum Gasteiger partial charge on any atom is 0.294 e. The van der Waals surface area contributed by atoms with E-state index in [0.717, 1.165) is 6.07 Å². The maximum absolute atomic E-state index is 11.2. The molecule has 0 atom stereocenters. The molecule has 0 aliphatic heterocycles. The van der Waals surface area contributed by atoms with Crippen molar-refractivity contribution < 1.29 is 4.92 Å². The number of benzene rings is 2. The van der Waals surface area contributed by atoms with Gasteiger partial charge in [-0.3, -0.25) is 10.1 Å². The van der Waals surface area contributed by atoms with Crippen LogP contribution in [0.1, 0.15) is 11.1 Å². The first-order valence-electron chi connectivity index (χ1n) is 6.03. The lowest BCUT2D eigenvalue weighted by molar-refractivity contribution is -0.383. The average molecular weight is 402 g/mol. The second-order valence-electron chi connectivity index (χ2n) is 4.33. The Morgan fingerprint density at radius 3 is 2.17 bits per heavy atom. The predicted octanol–water partition coefficient (Wildman–Crippen LogP) is 5.70. The minimum Gasteiger partial charge on any atom is -0.348 e. The van der Waals surface area contributed by atoms with Crippen molar-refractivity contribution in [2.75, 3.05) is 5.32 Å². The molecule has 0 aliphatic carbocycles. The smallest absolute Gasteiger partial charge is 0.294 e. The van der Waals surface area contributed by atoms with Gasteiger partial charge in [0.05, 0.1) is 36.8 Å². The van der Waals surface area contributed by atoms with Crippen molar-refractivity contribution in [3.05, 3.63) is 59.5 Å². The number of nitro benzene ring substituents is 1. The van der Waals surface area contributed by atoms with Gasteiger partial charge in [0, 0.05) is 11.1 Å². The van der Waals surface area contributed by atoms with Crippen molar-refractivity contribution in [1.29, 1.82) is 10.5 Å². The van der Waals surface area contributed by atoms with E-state index in [2.05, 4.69) is 5.32 Å². The van der Waals surface area contributed by atoms with E-state index in [9.17, 15) is 15.4 Å². The molecular weight excluding hydrogens is 398 g/mol. The molecule has 0 fully saturated rings. The molecule has 120 valence electrons. The second kappa shape index (κ2) is 7.12. The molecule has 6 nitrogen and oxygen atoms in total. The number of anilines is 2. The highest BCUT2D eigenvalue weighted by Crippen LogP contribution is 2.43. The summed E-state index contributed by atoms with van der Waals surface area (Å²) in [5, 5.41) is 31.8. The van der Waals surface area contributed by atoms with Gasteiger partial charge in [-0.1, -0.05) is 46.4 Å². The van der Waals surface area contributed by atoms with Gasteiger partial charge in [0.1, 0.15) is 17.8 Å². The van der Waals surface area contributed by atoms with Crippen LogP contribution in [0.2, 0.25) is 20.1 Å². The fraction of sp³-hybridized carbons (Fsp3) is 0. The summed E-state index contributed by atoms with van der Waals surface area (Å²) in [5.41, 5.74) is -0.666. The normalized spacial score (nSPS) is 9.92. The lowest BCUT2D eigenvalue weighted by atomic mass is 10.1. The molecule has 0 bridgehead atoms. The van der Waals surface area contributed by atoms with Crippen molar-refractivity contribution in [3.63, 3.8) is 0 Å². The van der Waals surface area contributed by atoms with Gasteiger partial charge in [0.25, 0.3) is 5.69 Å². The fourth-order valence-electron chi connectivity index (χ4n) is 1.88. The molecule has 1 N–H and O–H groups in total. The molecule has 0 unspecified atom stereocenters. The van der Waals surface area contributed by atoms with E-state index in [1.54, 1.807) is 12.1 Å². The van der Waals surface area contributed by atoms with Crippen LogP contribution < -0.4 is 5.32 Å².